The molecule has 0 radical (unpaired) electrons. The molecule has 2 heteroatoms. The van der Waals surface area contributed by atoms with Gasteiger partial charge in [0.15, 0.2) is 0 Å². The second-order valence-corrected chi connectivity index (χ2v) is 8.84. The molecular formula is C21H40NSi+. The van der Waals surface area contributed by atoms with E-state index < -0.39 is 0 Å². The van der Waals surface area contributed by atoms with Crippen LogP contribution in [0.3, 0.4) is 0 Å². The molecule has 132 valence electrons. The summed E-state index contributed by atoms with van der Waals surface area (Å²) >= 11 is 0. The van der Waals surface area contributed by atoms with Gasteiger partial charge < -0.3 is 4.48 Å². The van der Waals surface area contributed by atoms with Gasteiger partial charge in [0.25, 0.3) is 0 Å². The van der Waals surface area contributed by atoms with Crippen molar-refractivity contribution in [1.82, 2.24) is 0 Å². The lowest BCUT2D eigenvalue weighted by Crippen LogP contribution is -2.39. The topological polar surface area (TPSA) is 0 Å². The lowest BCUT2D eigenvalue weighted by molar-refractivity contribution is -0.903. The molecule has 0 heterocycles. The van der Waals surface area contributed by atoms with E-state index in [4.69, 9.17) is 0 Å². The fourth-order valence-electron chi connectivity index (χ4n) is 3.36. The third-order valence-electron chi connectivity index (χ3n) is 4.82. The summed E-state index contributed by atoms with van der Waals surface area (Å²) in [7, 11) is 6.13. The summed E-state index contributed by atoms with van der Waals surface area (Å²) in [5.74, 6) is 0. The Bertz CT molecular complexity index is 375. The SMILES string of the molecule is C[N+](C)(CCCCCCCCCCCC[SiH3])Cc1ccccc1. The van der Waals surface area contributed by atoms with E-state index in [1.807, 2.05) is 0 Å². The van der Waals surface area contributed by atoms with Gasteiger partial charge in [-0.1, -0.05) is 87.7 Å². The largest absolute Gasteiger partial charge is 0.325 e. The summed E-state index contributed by atoms with van der Waals surface area (Å²) in [6, 6.07) is 12.4. The van der Waals surface area contributed by atoms with E-state index in [0.29, 0.717) is 0 Å². The Hall–Kier alpha value is -0.603. The van der Waals surface area contributed by atoms with E-state index in [1.165, 1.54) is 92.6 Å². The predicted octanol–water partition coefficient (Wildman–Crippen LogP) is 4.95. The minimum atomic E-state index is 1.12. The van der Waals surface area contributed by atoms with Crippen LogP contribution in [0.4, 0.5) is 0 Å². The number of hydrogen-bond acceptors (Lipinski definition) is 0. The van der Waals surface area contributed by atoms with E-state index in [1.54, 1.807) is 0 Å². The number of quaternary nitrogens is 1. The van der Waals surface area contributed by atoms with E-state index in [9.17, 15) is 0 Å². The van der Waals surface area contributed by atoms with Crippen molar-refractivity contribution in [2.24, 2.45) is 0 Å². The highest BCUT2D eigenvalue weighted by Gasteiger charge is 2.14. The molecular weight excluding hydrogens is 294 g/mol. The molecule has 1 rings (SSSR count). The number of benzene rings is 1. The second kappa shape index (κ2) is 12.8. The van der Waals surface area contributed by atoms with Crippen molar-refractivity contribution in [3.8, 4) is 0 Å². The van der Waals surface area contributed by atoms with Crippen molar-refractivity contribution in [2.75, 3.05) is 20.6 Å². The lowest BCUT2D eigenvalue weighted by atomic mass is 10.1. The van der Waals surface area contributed by atoms with Crippen LogP contribution in [0.2, 0.25) is 6.04 Å². The maximum atomic E-state index is 2.37. The molecule has 0 N–H and O–H groups in total. The predicted molar refractivity (Wildman–Crippen MR) is 108 cm³/mol. The van der Waals surface area contributed by atoms with Gasteiger partial charge in [0.2, 0.25) is 0 Å². The summed E-state index contributed by atoms with van der Waals surface area (Å²) < 4.78 is 1.12. The first-order chi connectivity index (χ1) is 11.1. The van der Waals surface area contributed by atoms with Crippen molar-refractivity contribution < 1.29 is 4.48 Å². The van der Waals surface area contributed by atoms with Gasteiger partial charge in [-0.05, 0) is 12.8 Å². The quantitative estimate of drug-likeness (QED) is 0.257. The van der Waals surface area contributed by atoms with E-state index in [0.717, 1.165) is 11.0 Å². The highest BCUT2D eigenvalue weighted by molar-refractivity contribution is 6.08. The maximum absolute atomic E-state index is 2.37. The lowest BCUT2D eigenvalue weighted by Gasteiger charge is -2.30. The molecule has 1 aromatic carbocycles. The molecule has 0 aromatic heterocycles. The van der Waals surface area contributed by atoms with Crippen LogP contribution in [0.15, 0.2) is 30.3 Å². The minimum Gasteiger partial charge on any atom is -0.325 e. The van der Waals surface area contributed by atoms with Crippen LogP contribution < -0.4 is 0 Å². The van der Waals surface area contributed by atoms with Gasteiger partial charge in [0, 0.05) is 15.8 Å². The minimum absolute atomic E-state index is 1.12. The van der Waals surface area contributed by atoms with Crippen LogP contribution in [0.5, 0.6) is 0 Å². The van der Waals surface area contributed by atoms with Gasteiger partial charge >= 0.3 is 0 Å². The Morgan fingerprint density at radius 3 is 1.70 bits per heavy atom. The molecule has 0 amide bonds. The van der Waals surface area contributed by atoms with Crippen LogP contribution in [-0.4, -0.2) is 35.4 Å². The zero-order valence-corrected chi connectivity index (χ0v) is 18.0. The van der Waals surface area contributed by atoms with Crippen LogP contribution in [0.1, 0.15) is 69.8 Å². The normalized spacial score (nSPS) is 11.9. The second-order valence-electron chi connectivity index (χ2n) is 7.84. The van der Waals surface area contributed by atoms with Crippen molar-refractivity contribution >= 4 is 10.2 Å². The summed E-state index contributed by atoms with van der Waals surface area (Å²) in [6.07, 6.45) is 14.5. The highest BCUT2D eigenvalue weighted by Crippen LogP contribution is 2.14. The first-order valence-electron chi connectivity index (χ1n) is 10.00. The number of nitrogens with zero attached hydrogens (tertiary/aromatic N) is 1. The van der Waals surface area contributed by atoms with Gasteiger partial charge in [-0.2, -0.15) is 0 Å². The summed E-state index contributed by atoms with van der Waals surface area (Å²) in [4.78, 5) is 0. The molecule has 0 bridgehead atoms. The van der Waals surface area contributed by atoms with Gasteiger partial charge in [-0.15, -0.1) is 0 Å². The first-order valence-corrected chi connectivity index (χ1v) is 11.4. The zero-order valence-electron chi connectivity index (χ0n) is 16.0. The van der Waals surface area contributed by atoms with E-state index in [-0.39, 0.29) is 0 Å². The molecule has 0 aliphatic heterocycles. The van der Waals surface area contributed by atoms with Gasteiger partial charge in [0.1, 0.15) is 6.54 Å². The van der Waals surface area contributed by atoms with Crippen LogP contribution >= 0.6 is 0 Å². The standard InChI is InChI=1S/C21H40NSi/c1-22(2,20-21-16-12-11-13-17-21)18-14-9-7-5-3-4-6-8-10-15-19-23/h11-13,16-17H,3-10,14-15,18-20H2,1-2,23H3/q+1. The number of hydrogen-bond donors (Lipinski definition) is 0. The molecule has 0 atom stereocenters. The zero-order chi connectivity index (χ0) is 16.8. The molecule has 1 nitrogen and oxygen atoms in total. The van der Waals surface area contributed by atoms with Gasteiger partial charge in [0.05, 0.1) is 20.6 Å². The van der Waals surface area contributed by atoms with Crippen molar-refractivity contribution in [3.05, 3.63) is 35.9 Å². The fraction of sp³-hybridized carbons (Fsp3) is 0.714. The third kappa shape index (κ3) is 11.6. The average Bonchev–Trinajstić information content (AvgIpc) is 2.53. The van der Waals surface area contributed by atoms with Crippen LogP contribution in [0.25, 0.3) is 0 Å². The molecule has 0 saturated heterocycles. The van der Waals surface area contributed by atoms with Crippen molar-refractivity contribution in [2.45, 2.75) is 76.8 Å². The van der Waals surface area contributed by atoms with E-state index >= 15 is 0 Å². The smallest absolute Gasteiger partial charge is 0.104 e. The van der Waals surface area contributed by atoms with Crippen molar-refractivity contribution in [1.29, 1.82) is 0 Å². The third-order valence-corrected chi connectivity index (χ3v) is 5.53. The summed E-state index contributed by atoms with van der Waals surface area (Å²) in [5, 5.41) is 0. The highest BCUT2D eigenvalue weighted by atomic mass is 28.1. The molecule has 0 unspecified atom stereocenters. The molecule has 0 aliphatic rings. The van der Waals surface area contributed by atoms with Gasteiger partial charge in [-0.3, -0.25) is 0 Å². The molecule has 0 aliphatic carbocycles. The maximum Gasteiger partial charge on any atom is 0.104 e. The Morgan fingerprint density at radius 1 is 0.696 bits per heavy atom. The Balaban J connectivity index is 1.95. The summed E-state index contributed by atoms with van der Waals surface area (Å²) in [5.41, 5.74) is 1.46. The van der Waals surface area contributed by atoms with E-state index in [2.05, 4.69) is 44.4 Å². The number of unbranched alkanes of at least 4 members (excludes halogenated alkanes) is 9. The molecule has 23 heavy (non-hydrogen) atoms. The van der Waals surface area contributed by atoms with Crippen LogP contribution in [0, 0.1) is 0 Å². The average molecular weight is 335 g/mol. The molecule has 0 spiro atoms. The Kier molecular flexibility index (Phi) is 11.4. The summed E-state index contributed by atoms with van der Waals surface area (Å²) in [6.45, 7) is 2.45. The van der Waals surface area contributed by atoms with Crippen molar-refractivity contribution in [3.63, 3.8) is 0 Å². The molecule has 0 fully saturated rings. The monoisotopic (exact) mass is 334 g/mol. The fourth-order valence-corrected chi connectivity index (χ4v) is 3.86. The molecule has 1 aromatic rings. The van der Waals surface area contributed by atoms with Crippen LogP contribution in [-0.2, 0) is 6.54 Å². The van der Waals surface area contributed by atoms with Gasteiger partial charge in [-0.25, -0.2) is 0 Å². The number of rotatable bonds is 14. The Morgan fingerprint density at radius 2 is 1.17 bits per heavy atom. The first kappa shape index (κ1) is 20.4. The Labute approximate surface area is 148 Å². The molecule has 0 saturated carbocycles.